The molecule has 0 spiro atoms. The normalized spacial score (nSPS) is 21.2. The maximum absolute atomic E-state index is 13.9. The van der Waals surface area contributed by atoms with Crippen LogP contribution in [0.3, 0.4) is 0 Å². The molecule has 2 aliphatic rings. The minimum absolute atomic E-state index is 0.00600. The maximum Gasteiger partial charge on any atom is 0.317 e. The van der Waals surface area contributed by atoms with E-state index in [1.165, 1.54) is 6.07 Å². The summed E-state index contributed by atoms with van der Waals surface area (Å²) in [6.45, 7) is 7.07. The molecule has 2 amide bonds. The first-order chi connectivity index (χ1) is 12.7. The number of nitrogens with one attached hydrogen (secondary N) is 1. The van der Waals surface area contributed by atoms with Gasteiger partial charge in [0.1, 0.15) is 5.82 Å². The second kappa shape index (κ2) is 9.19. The molecular formula is C19H29FN4O2. The Morgan fingerprint density at radius 2 is 2.00 bits per heavy atom. The van der Waals surface area contributed by atoms with Crippen LogP contribution in [0.2, 0.25) is 0 Å². The predicted octanol–water partition coefficient (Wildman–Crippen LogP) is 1.63. The lowest BCUT2D eigenvalue weighted by molar-refractivity contribution is 0.158. The van der Waals surface area contributed by atoms with Gasteiger partial charge in [0.15, 0.2) is 0 Å². The van der Waals surface area contributed by atoms with E-state index in [1.807, 2.05) is 15.9 Å². The largest absolute Gasteiger partial charge is 0.383 e. The van der Waals surface area contributed by atoms with Crippen molar-refractivity contribution < 1.29 is 13.9 Å². The van der Waals surface area contributed by atoms with Crippen LogP contribution in [0.5, 0.6) is 0 Å². The Labute approximate surface area is 154 Å². The number of halogens is 1. The molecule has 6 nitrogen and oxygen atoms in total. The Balaban J connectivity index is 1.38. The van der Waals surface area contributed by atoms with E-state index >= 15 is 0 Å². The molecule has 1 aromatic carbocycles. The van der Waals surface area contributed by atoms with Gasteiger partial charge in [0, 0.05) is 52.9 Å². The van der Waals surface area contributed by atoms with E-state index in [0.29, 0.717) is 37.8 Å². The second-order valence-corrected chi connectivity index (χ2v) is 7.06. The standard InChI is InChI=1S/C19H29FN4O2/c1-26-13-12-22-7-6-16(15-22)14-21-19(25)24-10-8-23(9-11-24)18-5-3-2-4-17(18)20/h2-5,16H,6-15H2,1H3,(H,21,25). The number of rotatable bonds is 6. The summed E-state index contributed by atoms with van der Waals surface area (Å²) in [5.74, 6) is 0.306. The molecule has 0 aromatic heterocycles. The Morgan fingerprint density at radius 1 is 1.23 bits per heavy atom. The molecule has 3 rings (SSSR count). The fraction of sp³-hybridized carbons (Fsp3) is 0.632. The van der Waals surface area contributed by atoms with Crippen LogP contribution in [-0.4, -0.2) is 81.9 Å². The van der Waals surface area contributed by atoms with Gasteiger partial charge >= 0.3 is 6.03 Å². The number of hydrogen-bond donors (Lipinski definition) is 1. The minimum atomic E-state index is -0.204. The van der Waals surface area contributed by atoms with Crippen LogP contribution in [-0.2, 0) is 4.74 Å². The van der Waals surface area contributed by atoms with E-state index in [9.17, 15) is 9.18 Å². The van der Waals surface area contributed by atoms with Crippen LogP contribution in [0.1, 0.15) is 6.42 Å². The Hall–Kier alpha value is -1.86. The third kappa shape index (κ3) is 4.86. The molecule has 1 aromatic rings. The van der Waals surface area contributed by atoms with Crippen LogP contribution < -0.4 is 10.2 Å². The summed E-state index contributed by atoms with van der Waals surface area (Å²) in [6, 6.07) is 6.80. The van der Waals surface area contributed by atoms with Gasteiger partial charge in [-0.3, -0.25) is 0 Å². The van der Waals surface area contributed by atoms with Crippen molar-refractivity contribution >= 4 is 11.7 Å². The van der Waals surface area contributed by atoms with Crippen molar-refractivity contribution in [1.29, 1.82) is 0 Å². The van der Waals surface area contributed by atoms with Crippen molar-refractivity contribution in [3.63, 3.8) is 0 Å². The van der Waals surface area contributed by atoms with Gasteiger partial charge in [-0.05, 0) is 31.0 Å². The summed E-state index contributed by atoms with van der Waals surface area (Å²) >= 11 is 0. The number of benzene rings is 1. The first-order valence-corrected chi connectivity index (χ1v) is 9.41. The van der Waals surface area contributed by atoms with Gasteiger partial charge in [-0.2, -0.15) is 0 Å². The van der Waals surface area contributed by atoms with Crippen molar-refractivity contribution in [1.82, 2.24) is 15.1 Å². The van der Waals surface area contributed by atoms with Gasteiger partial charge in [-0.25, -0.2) is 9.18 Å². The highest BCUT2D eigenvalue weighted by atomic mass is 19.1. The van der Waals surface area contributed by atoms with Gasteiger partial charge in [-0.1, -0.05) is 12.1 Å². The van der Waals surface area contributed by atoms with Gasteiger partial charge in [0.2, 0.25) is 0 Å². The number of anilines is 1. The molecule has 0 saturated carbocycles. The Morgan fingerprint density at radius 3 is 2.73 bits per heavy atom. The van der Waals surface area contributed by atoms with E-state index in [-0.39, 0.29) is 11.8 Å². The molecule has 1 atom stereocenters. The van der Waals surface area contributed by atoms with Crippen molar-refractivity contribution in [2.45, 2.75) is 6.42 Å². The predicted molar refractivity (Wildman–Crippen MR) is 100 cm³/mol. The number of ether oxygens (including phenoxy) is 1. The number of piperazine rings is 1. The van der Waals surface area contributed by atoms with E-state index in [2.05, 4.69) is 10.2 Å². The highest BCUT2D eigenvalue weighted by Gasteiger charge is 2.25. The molecular weight excluding hydrogens is 335 g/mol. The highest BCUT2D eigenvalue weighted by molar-refractivity contribution is 5.74. The SMILES string of the molecule is COCCN1CCC(CNC(=O)N2CCN(c3ccccc3F)CC2)C1. The number of amides is 2. The first kappa shape index (κ1) is 18.9. The summed E-state index contributed by atoms with van der Waals surface area (Å²) in [5, 5.41) is 3.07. The smallest absolute Gasteiger partial charge is 0.317 e. The summed E-state index contributed by atoms with van der Waals surface area (Å²) in [4.78, 5) is 18.6. The third-order valence-corrected chi connectivity index (χ3v) is 5.28. The maximum atomic E-state index is 13.9. The molecule has 144 valence electrons. The molecule has 2 aliphatic heterocycles. The van der Waals surface area contributed by atoms with Crippen LogP contribution in [0.25, 0.3) is 0 Å². The van der Waals surface area contributed by atoms with E-state index in [4.69, 9.17) is 4.74 Å². The highest BCUT2D eigenvalue weighted by Crippen LogP contribution is 2.20. The summed E-state index contributed by atoms with van der Waals surface area (Å²) in [5.41, 5.74) is 0.620. The molecule has 0 aliphatic carbocycles. The van der Waals surface area contributed by atoms with E-state index in [0.717, 1.165) is 39.2 Å². The average molecular weight is 364 g/mol. The van der Waals surface area contributed by atoms with Crippen LogP contribution in [0.15, 0.2) is 24.3 Å². The molecule has 0 radical (unpaired) electrons. The Bertz CT molecular complexity index is 593. The molecule has 1 N–H and O–H groups in total. The second-order valence-electron chi connectivity index (χ2n) is 7.06. The number of carbonyl (C=O) groups excluding carboxylic acids is 1. The lowest BCUT2D eigenvalue weighted by Gasteiger charge is -2.36. The molecule has 1 unspecified atom stereocenters. The van der Waals surface area contributed by atoms with Crippen LogP contribution in [0.4, 0.5) is 14.9 Å². The molecule has 7 heteroatoms. The monoisotopic (exact) mass is 364 g/mol. The van der Waals surface area contributed by atoms with E-state index < -0.39 is 0 Å². The van der Waals surface area contributed by atoms with Crippen molar-refractivity contribution in [3.8, 4) is 0 Å². The van der Waals surface area contributed by atoms with Crippen molar-refractivity contribution in [2.75, 3.05) is 71.0 Å². The third-order valence-electron chi connectivity index (χ3n) is 5.28. The minimum Gasteiger partial charge on any atom is -0.383 e. The average Bonchev–Trinajstić information content (AvgIpc) is 3.13. The molecule has 26 heavy (non-hydrogen) atoms. The fourth-order valence-electron chi connectivity index (χ4n) is 3.71. The Kier molecular flexibility index (Phi) is 6.68. The molecule has 2 heterocycles. The number of para-hydroxylation sites is 1. The van der Waals surface area contributed by atoms with Gasteiger partial charge < -0.3 is 24.8 Å². The van der Waals surface area contributed by atoms with Gasteiger partial charge in [0.25, 0.3) is 0 Å². The lowest BCUT2D eigenvalue weighted by Crippen LogP contribution is -2.52. The first-order valence-electron chi connectivity index (χ1n) is 9.41. The zero-order valence-electron chi connectivity index (χ0n) is 15.5. The van der Waals surface area contributed by atoms with Crippen molar-refractivity contribution in [2.24, 2.45) is 5.92 Å². The topological polar surface area (TPSA) is 48.1 Å². The quantitative estimate of drug-likeness (QED) is 0.834. The molecule has 0 bridgehead atoms. The van der Waals surface area contributed by atoms with E-state index in [1.54, 1.807) is 19.2 Å². The molecule has 2 saturated heterocycles. The number of nitrogens with zero attached hydrogens (tertiary/aromatic N) is 3. The van der Waals surface area contributed by atoms with Gasteiger partial charge in [-0.15, -0.1) is 0 Å². The van der Waals surface area contributed by atoms with Gasteiger partial charge in [0.05, 0.1) is 12.3 Å². The number of carbonyl (C=O) groups is 1. The lowest BCUT2D eigenvalue weighted by atomic mass is 10.1. The summed E-state index contributed by atoms with van der Waals surface area (Å²) in [6.07, 6.45) is 1.12. The number of likely N-dealkylation sites (tertiary alicyclic amines) is 1. The van der Waals surface area contributed by atoms with Crippen molar-refractivity contribution in [3.05, 3.63) is 30.1 Å². The zero-order valence-corrected chi connectivity index (χ0v) is 15.5. The summed E-state index contributed by atoms with van der Waals surface area (Å²) < 4.78 is 19.0. The number of urea groups is 1. The number of methoxy groups -OCH3 is 1. The molecule has 2 fully saturated rings. The fourth-order valence-corrected chi connectivity index (χ4v) is 3.71. The summed E-state index contributed by atoms with van der Waals surface area (Å²) in [7, 11) is 1.72. The van der Waals surface area contributed by atoms with Crippen LogP contribution in [0, 0.1) is 11.7 Å². The zero-order chi connectivity index (χ0) is 18.4. The van der Waals surface area contributed by atoms with Crippen LogP contribution >= 0.6 is 0 Å². The number of hydrogen-bond acceptors (Lipinski definition) is 4.